The third-order valence-electron chi connectivity index (χ3n) is 3.18. The molecule has 3 rings (SSSR count). The molecule has 7 heteroatoms. The molecule has 1 aromatic heterocycles. The molecule has 2 aromatic rings. The van der Waals surface area contributed by atoms with Crippen LogP contribution < -0.4 is 10.6 Å². The molecular formula is C14H13N3O3S. The van der Waals surface area contributed by atoms with E-state index in [0.29, 0.717) is 22.9 Å². The van der Waals surface area contributed by atoms with E-state index in [0.717, 1.165) is 5.56 Å². The van der Waals surface area contributed by atoms with Gasteiger partial charge >= 0.3 is 0 Å². The normalized spacial score (nSPS) is 17.5. The molecule has 1 atom stereocenters. The largest absolute Gasteiger partial charge is 0.508 e. The highest BCUT2D eigenvalue weighted by Crippen LogP contribution is 2.27. The quantitative estimate of drug-likeness (QED) is 0.793. The molecule has 0 aliphatic carbocycles. The van der Waals surface area contributed by atoms with E-state index in [2.05, 4.69) is 15.6 Å². The van der Waals surface area contributed by atoms with Gasteiger partial charge in [0.2, 0.25) is 5.91 Å². The first-order valence-corrected chi connectivity index (χ1v) is 7.29. The summed E-state index contributed by atoms with van der Waals surface area (Å²) in [6.45, 7) is 0.584. The second kappa shape index (κ2) is 5.53. The van der Waals surface area contributed by atoms with Crippen LogP contribution in [0.15, 0.2) is 30.5 Å². The van der Waals surface area contributed by atoms with E-state index in [1.54, 1.807) is 18.2 Å². The predicted molar refractivity (Wildman–Crippen MR) is 78.1 cm³/mol. The Bertz CT molecular complexity index is 698. The zero-order chi connectivity index (χ0) is 14.8. The number of nitrogens with zero attached hydrogens (tertiary/aromatic N) is 1. The van der Waals surface area contributed by atoms with Crippen molar-refractivity contribution in [3.8, 4) is 16.3 Å². The van der Waals surface area contributed by atoms with Crippen LogP contribution in [0, 0.1) is 0 Å². The number of aromatic nitrogens is 1. The molecule has 0 radical (unpaired) electrons. The summed E-state index contributed by atoms with van der Waals surface area (Å²) in [6.07, 6.45) is 2.08. The van der Waals surface area contributed by atoms with Gasteiger partial charge in [-0.3, -0.25) is 9.59 Å². The SMILES string of the molecule is O=C(NC1CCNC1=O)c1cnc(-c2cccc(O)c2)s1. The Kier molecular flexibility index (Phi) is 3.57. The molecule has 2 heterocycles. The van der Waals surface area contributed by atoms with Gasteiger partial charge in [-0.05, 0) is 18.6 Å². The van der Waals surface area contributed by atoms with E-state index in [4.69, 9.17) is 0 Å². The van der Waals surface area contributed by atoms with Crippen molar-refractivity contribution in [1.29, 1.82) is 0 Å². The van der Waals surface area contributed by atoms with Gasteiger partial charge in [0.15, 0.2) is 0 Å². The Balaban J connectivity index is 1.75. The van der Waals surface area contributed by atoms with Gasteiger partial charge in [0.05, 0.1) is 6.20 Å². The number of hydrogen-bond acceptors (Lipinski definition) is 5. The van der Waals surface area contributed by atoms with Crippen LogP contribution in [0.5, 0.6) is 5.75 Å². The number of amides is 2. The van der Waals surface area contributed by atoms with E-state index in [1.807, 2.05) is 6.07 Å². The van der Waals surface area contributed by atoms with Crippen LogP contribution in [-0.4, -0.2) is 34.5 Å². The lowest BCUT2D eigenvalue weighted by atomic mass is 10.2. The molecule has 1 fully saturated rings. The molecule has 1 aliphatic rings. The van der Waals surface area contributed by atoms with Gasteiger partial charge in [0.1, 0.15) is 21.7 Å². The summed E-state index contributed by atoms with van der Waals surface area (Å²) < 4.78 is 0. The first-order valence-electron chi connectivity index (χ1n) is 6.47. The average molecular weight is 303 g/mol. The van der Waals surface area contributed by atoms with Crippen LogP contribution >= 0.6 is 11.3 Å². The first kappa shape index (κ1) is 13.6. The monoisotopic (exact) mass is 303 g/mol. The number of rotatable bonds is 3. The molecule has 3 N–H and O–H groups in total. The molecule has 0 saturated carbocycles. The maximum absolute atomic E-state index is 12.1. The van der Waals surface area contributed by atoms with Crippen molar-refractivity contribution in [2.45, 2.75) is 12.5 Å². The van der Waals surface area contributed by atoms with Gasteiger partial charge in [-0.1, -0.05) is 12.1 Å². The highest BCUT2D eigenvalue weighted by atomic mass is 32.1. The number of nitrogens with one attached hydrogen (secondary N) is 2. The van der Waals surface area contributed by atoms with E-state index in [-0.39, 0.29) is 17.6 Å². The predicted octanol–water partition coefficient (Wildman–Crippen LogP) is 1.13. The van der Waals surface area contributed by atoms with Gasteiger partial charge in [-0.25, -0.2) is 4.98 Å². The van der Waals surface area contributed by atoms with Gasteiger partial charge in [-0.15, -0.1) is 11.3 Å². The fourth-order valence-corrected chi connectivity index (χ4v) is 2.93. The lowest BCUT2D eigenvalue weighted by molar-refractivity contribution is -0.120. The smallest absolute Gasteiger partial charge is 0.263 e. The van der Waals surface area contributed by atoms with Crippen LogP contribution in [0.1, 0.15) is 16.1 Å². The standard InChI is InChI=1S/C14H13N3O3S/c18-9-3-1-2-8(6-9)14-16-7-11(21-14)13(20)17-10-4-5-15-12(10)19/h1-3,6-7,10,18H,4-5H2,(H,15,19)(H,17,20). The summed E-state index contributed by atoms with van der Waals surface area (Å²) in [5, 5.41) is 15.5. The number of carbonyl (C=O) groups is 2. The van der Waals surface area contributed by atoms with E-state index < -0.39 is 6.04 Å². The third-order valence-corrected chi connectivity index (χ3v) is 4.22. The fourth-order valence-electron chi connectivity index (χ4n) is 2.11. The summed E-state index contributed by atoms with van der Waals surface area (Å²) >= 11 is 1.22. The Morgan fingerprint density at radius 2 is 2.33 bits per heavy atom. The molecule has 1 saturated heterocycles. The highest BCUT2D eigenvalue weighted by Gasteiger charge is 2.26. The number of hydrogen-bond donors (Lipinski definition) is 3. The zero-order valence-corrected chi connectivity index (χ0v) is 11.8. The molecular weight excluding hydrogens is 290 g/mol. The number of phenolic OH excluding ortho intramolecular Hbond substituents is 1. The third kappa shape index (κ3) is 2.87. The molecule has 2 amide bonds. The molecule has 1 aromatic carbocycles. The Morgan fingerprint density at radius 1 is 1.48 bits per heavy atom. The minimum atomic E-state index is -0.469. The molecule has 1 unspecified atom stereocenters. The van der Waals surface area contributed by atoms with Crippen molar-refractivity contribution in [2.75, 3.05) is 6.54 Å². The Morgan fingerprint density at radius 3 is 3.05 bits per heavy atom. The molecule has 0 spiro atoms. The number of phenols is 1. The van der Waals surface area contributed by atoms with E-state index >= 15 is 0 Å². The second-order valence-electron chi connectivity index (χ2n) is 4.69. The highest BCUT2D eigenvalue weighted by molar-refractivity contribution is 7.16. The summed E-state index contributed by atoms with van der Waals surface area (Å²) in [7, 11) is 0. The van der Waals surface area contributed by atoms with Crippen LogP contribution in [0.4, 0.5) is 0 Å². The average Bonchev–Trinajstić information content (AvgIpc) is 3.09. The summed E-state index contributed by atoms with van der Waals surface area (Å²) in [6, 6.07) is 6.22. The fraction of sp³-hybridized carbons (Fsp3) is 0.214. The van der Waals surface area contributed by atoms with Crippen molar-refractivity contribution >= 4 is 23.2 Å². The summed E-state index contributed by atoms with van der Waals surface area (Å²) in [5.41, 5.74) is 0.748. The number of aromatic hydroxyl groups is 1. The maximum atomic E-state index is 12.1. The lowest BCUT2D eigenvalue weighted by Crippen LogP contribution is -2.39. The van der Waals surface area contributed by atoms with Gasteiger partial charge < -0.3 is 15.7 Å². The minimum absolute atomic E-state index is 0.149. The first-order chi connectivity index (χ1) is 10.1. The van der Waals surface area contributed by atoms with Crippen molar-refractivity contribution in [1.82, 2.24) is 15.6 Å². The molecule has 108 valence electrons. The van der Waals surface area contributed by atoms with Crippen molar-refractivity contribution in [2.24, 2.45) is 0 Å². The van der Waals surface area contributed by atoms with Crippen molar-refractivity contribution in [3.05, 3.63) is 35.3 Å². The molecule has 6 nitrogen and oxygen atoms in total. The zero-order valence-electron chi connectivity index (χ0n) is 11.0. The molecule has 0 bridgehead atoms. The van der Waals surface area contributed by atoms with E-state index in [9.17, 15) is 14.7 Å². The van der Waals surface area contributed by atoms with Crippen LogP contribution in [0.2, 0.25) is 0 Å². The van der Waals surface area contributed by atoms with Crippen LogP contribution in [0.25, 0.3) is 10.6 Å². The number of carbonyl (C=O) groups excluding carboxylic acids is 2. The Hall–Kier alpha value is -2.41. The van der Waals surface area contributed by atoms with Crippen molar-refractivity contribution < 1.29 is 14.7 Å². The molecule has 1 aliphatic heterocycles. The van der Waals surface area contributed by atoms with Crippen LogP contribution in [0.3, 0.4) is 0 Å². The lowest BCUT2D eigenvalue weighted by Gasteiger charge is -2.07. The molecule has 21 heavy (non-hydrogen) atoms. The van der Waals surface area contributed by atoms with E-state index in [1.165, 1.54) is 17.5 Å². The maximum Gasteiger partial charge on any atom is 0.263 e. The van der Waals surface area contributed by atoms with Crippen LogP contribution in [-0.2, 0) is 4.79 Å². The minimum Gasteiger partial charge on any atom is -0.508 e. The van der Waals surface area contributed by atoms with Gasteiger partial charge in [-0.2, -0.15) is 0 Å². The van der Waals surface area contributed by atoms with Crippen molar-refractivity contribution in [3.63, 3.8) is 0 Å². The summed E-state index contributed by atoms with van der Waals surface area (Å²) in [5.74, 6) is -0.307. The van der Waals surface area contributed by atoms with Gasteiger partial charge in [0, 0.05) is 12.1 Å². The number of benzene rings is 1. The Labute approximate surface area is 124 Å². The van der Waals surface area contributed by atoms with Gasteiger partial charge in [0.25, 0.3) is 5.91 Å². The second-order valence-corrected chi connectivity index (χ2v) is 5.72. The topological polar surface area (TPSA) is 91.3 Å². The summed E-state index contributed by atoms with van der Waals surface area (Å²) in [4.78, 5) is 28.2. The number of thiazole rings is 1.